The summed E-state index contributed by atoms with van der Waals surface area (Å²) in [5.74, 6) is 0.979. The average molecular weight is 290 g/mol. The highest BCUT2D eigenvalue weighted by molar-refractivity contribution is 6.28. The van der Waals surface area contributed by atoms with E-state index < -0.39 is 0 Å². The first-order valence-electron chi connectivity index (χ1n) is 7.14. The highest BCUT2D eigenvalue weighted by Crippen LogP contribution is 2.34. The van der Waals surface area contributed by atoms with Gasteiger partial charge in [-0.1, -0.05) is 45.0 Å². The minimum atomic E-state index is -0.0445. The maximum Gasteiger partial charge on any atom is 0.225 e. The Labute approximate surface area is 125 Å². The van der Waals surface area contributed by atoms with Crippen molar-refractivity contribution < 1.29 is 0 Å². The molecular formula is C16H20ClN3. The van der Waals surface area contributed by atoms with Gasteiger partial charge in [-0.15, -0.1) is 10.2 Å². The summed E-state index contributed by atoms with van der Waals surface area (Å²) in [5.41, 5.74) is 2.84. The molecule has 1 aliphatic rings. The molecular weight excluding hydrogens is 270 g/mol. The molecule has 106 valence electrons. The van der Waals surface area contributed by atoms with E-state index in [0.717, 1.165) is 25.1 Å². The zero-order chi connectivity index (χ0) is 14.3. The maximum absolute atomic E-state index is 6.30. The summed E-state index contributed by atoms with van der Waals surface area (Å²) in [7, 11) is 0. The van der Waals surface area contributed by atoms with Crippen LogP contribution in [0.4, 0.5) is 0 Å². The molecule has 0 fully saturated rings. The van der Waals surface area contributed by atoms with E-state index >= 15 is 0 Å². The van der Waals surface area contributed by atoms with Crippen LogP contribution < -0.4 is 0 Å². The van der Waals surface area contributed by atoms with E-state index in [2.05, 4.69) is 59.8 Å². The normalized spacial score (nSPS) is 18.9. The predicted molar refractivity (Wildman–Crippen MR) is 81.2 cm³/mol. The molecule has 2 aromatic rings. The van der Waals surface area contributed by atoms with Crippen LogP contribution in [0.2, 0.25) is 5.28 Å². The Kier molecular flexibility index (Phi) is 3.33. The van der Waals surface area contributed by atoms with Crippen LogP contribution in [-0.2, 0) is 18.3 Å². The molecule has 0 radical (unpaired) electrons. The van der Waals surface area contributed by atoms with Crippen LogP contribution >= 0.6 is 11.6 Å². The van der Waals surface area contributed by atoms with Crippen LogP contribution in [0.25, 0.3) is 0 Å². The van der Waals surface area contributed by atoms with Crippen molar-refractivity contribution in [3.63, 3.8) is 0 Å². The third kappa shape index (κ3) is 2.35. The third-order valence-electron chi connectivity index (χ3n) is 4.01. The SMILES string of the molecule is CC(C)(C)c1nnc(Cl)n1C1CCc2ccccc2C1. The van der Waals surface area contributed by atoms with E-state index in [-0.39, 0.29) is 5.41 Å². The molecule has 0 amide bonds. The van der Waals surface area contributed by atoms with Crippen LogP contribution in [0.1, 0.15) is 50.2 Å². The summed E-state index contributed by atoms with van der Waals surface area (Å²) in [4.78, 5) is 0. The van der Waals surface area contributed by atoms with Crippen LogP contribution in [0, 0.1) is 0 Å². The minimum Gasteiger partial charge on any atom is -0.298 e. The number of rotatable bonds is 1. The first kappa shape index (κ1) is 13.6. The molecule has 0 spiro atoms. The summed E-state index contributed by atoms with van der Waals surface area (Å²) in [6, 6.07) is 9.03. The molecule has 1 atom stereocenters. The van der Waals surface area contributed by atoms with Gasteiger partial charge in [0.1, 0.15) is 5.82 Å². The molecule has 0 aliphatic heterocycles. The first-order valence-corrected chi connectivity index (χ1v) is 7.52. The van der Waals surface area contributed by atoms with Gasteiger partial charge in [0.15, 0.2) is 0 Å². The van der Waals surface area contributed by atoms with E-state index in [1.54, 1.807) is 0 Å². The number of aryl methyl sites for hydroxylation is 1. The van der Waals surface area contributed by atoms with Crippen LogP contribution in [0.3, 0.4) is 0 Å². The quantitative estimate of drug-likeness (QED) is 0.795. The fraction of sp³-hybridized carbons (Fsp3) is 0.500. The predicted octanol–water partition coefficient (Wildman–Crippen LogP) is 3.96. The Bertz CT molecular complexity index is 625. The number of fused-ring (bicyclic) bond motifs is 1. The Balaban J connectivity index is 1.98. The lowest BCUT2D eigenvalue weighted by Gasteiger charge is -2.29. The standard InChI is InChI=1S/C16H20ClN3/c1-16(2,3)14-18-19-15(17)20(14)13-9-8-11-6-4-5-7-12(11)10-13/h4-7,13H,8-10H2,1-3H3. The molecule has 1 heterocycles. The van der Waals surface area contributed by atoms with Crippen molar-refractivity contribution in [1.82, 2.24) is 14.8 Å². The van der Waals surface area contributed by atoms with Crippen LogP contribution in [0.15, 0.2) is 24.3 Å². The average Bonchev–Trinajstić information content (AvgIpc) is 2.80. The lowest BCUT2D eigenvalue weighted by molar-refractivity contribution is 0.396. The maximum atomic E-state index is 6.30. The van der Waals surface area contributed by atoms with Gasteiger partial charge in [0, 0.05) is 11.5 Å². The van der Waals surface area contributed by atoms with E-state index in [1.807, 2.05) is 0 Å². The second-order valence-electron chi connectivity index (χ2n) is 6.58. The van der Waals surface area contributed by atoms with Crippen LogP contribution in [0.5, 0.6) is 0 Å². The zero-order valence-corrected chi connectivity index (χ0v) is 13.0. The number of hydrogen-bond donors (Lipinski definition) is 0. The molecule has 3 nitrogen and oxygen atoms in total. The van der Waals surface area contributed by atoms with Gasteiger partial charge in [0.2, 0.25) is 5.28 Å². The molecule has 1 aromatic carbocycles. The molecule has 0 bridgehead atoms. The number of aromatic nitrogens is 3. The van der Waals surface area contributed by atoms with Crippen molar-refractivity contribution in [2.45, 2.75) is 51.5 Å². The van der Waals surface area contributed by atoms with E-state index in [9.17, 15) is 0 Å². The second kappa shape index (κ2) is 4.88. The van der Waals surface area contributed by atoms with Gasteiger partial charge in [-0.2, -0.15) is 0 Å². The van der Waals surface area contributed by atoms with Gasteiger partial charge in [-0.25, -0.2) is 0 Å². The fourth-order valence-corrected chi connectivity index (χ4v) is 3.26. The minimum absolute atomic E-state index is 0.0445. The topological polar surface area (TPSA) is 30.7 Å². The Hall–Kier alpha value is -1.35. The first-order chi connectivity index (χ1) is 9.47. The smallest absolute Gasteiger partial charge is 0.225 e. The molecule has 3 rings (SSSR count). The van der Waals surface area contributed by atoms with Crippen molar-refractivity contribution >= 4 is 11.6 Å². The van der Waals surface area contributed by atoms with Gasteiger partial charge in [0.05, 0.1) is 0 Å². The van der Waals surface area contributed by atoms with E-state index in [4.69, 9.17) is 11.6 Å². The van der Waals surface area contributed by atoms with Crippen molar-refractivity contribution in [2.24, 2.45) is 0 Å². The largest absolute Gasteiger partial charge is 0.298 e. The van der Waals surface area contributed by atoms with Gasteiger partial charge in [-0.05, 0) is 42.0 Å². The van der Waals surface area contributed by atoms with E-state index in [0.29, 0.717) is 11.3 Å². The highest BCUT2D eigenvalue weighted by Gasteiger charge is 2.29. The van der Waals surface area contributed by atoms with Crippen molar-refractivity contribution in [3.8, 4) is 0 Å². The Morgan fingerprint density at radius 3 is 2.55 bits per heavy atom. The fourth-order valence-electron chi connectivity index (χ4n) is 3.01. The summed E-state index contributed by atoms with van der Waals surface area (Å²) >= 11 is 6.30. The van der Waals surface area contributed by atoms with Crippen molar-refractivity contribution in [1.29, 1.82) is 0 Å². The Morgan fingerprint density at radius 1 is 1.15 bits per heavy atom. The monoisotopic (exact) mass is 289 g/mol. The van der Waals surface area contributed by atoms with Gasteiger partial charge in [-0.3, -0.25) is 4.57 Å². The molecule has 1 unspecified atom stereocenters. The van der Waals surface area contributed by atoms with Gasteiger partial charge >= 0.3 is 0 Å². The number of benzene rings is 1. The highest BCUT2D eigenvalue weighted by atomic mass is 35.5. The third-order valence-corrected chi connectivity index (χ3v) is 4.27. The molecule has 0 saturated heterocycles. The lowest BCUT2D eigenvalue weighted by Crippen LogP contribution is -2.26. The van der Waals surface area contributed by atoms with Crippen molar-refractivity contribution in [3.05, 3.63) is 46.5 Å². The molecule has 0 saturated carbocycles. The summed E-state index contributed by atoms with van der Waals surface area (Å²) < 4.78 is 2.14. The number of hydrogen-bond acceptors (Lipinski definition) is 2. The second-order valence-corrected chi connectivity index (χ2v) is 6.92. The van der Waals surface area contributed by atoms with Gasteiger partial charge in [0.25, 0.3) is 0 Å². The molecule has 20 heavy (non-hydrogen) atoms. The molecule has 4 heteroatoms. The molecule has 1 aromatic heterocycles. The number of halogens is 1. The molecule has 1 aliphatic carbocycles. The van der Waals surface area contributed by atoms with Gasteiger partial charge < -0.3 is 0 Å². The lowest BCUT2D eigenvalue weighted by atomic mass is 9.87. The summed E-state index contributed by atoms with van der Waals surface area (Å²) in [5, 5.41) is 8.91. The van der Waals surface area contributed by atoms with Crippen LogP contribution in [-0.4, -0.2) is 14.8 Å². The zero-order valence-electron chi connectivity index (χ0n) is 12.2. The Morgan fingerprint density at radius 2 is 1.85 bits per heavy atom. The van der Waals surface area contributed by atoms with E-state index in [1.165, 1.54) is 11.1 Å². The van der Waals surface area contributed by atoms with Crippen molar-refractivity contribution in [2.75, 3.05) is 0 Å². The number of nitrogens with zero attached hydrogens (tertiary/aromatic N) is 3. The molecule has 0 N–H and O–H groups in total. The summed E-state index contributed by atoms with van der Waals surface area (Å²) in [6.07, 6.45) is 3.20. The summed E-state index contributed by atoms with van der Waals surface area (Å²) in [6.45, 7) is 6.46.